The number of hydrogen-bond donors (Lipinski definition) is 2. The first-order valence-corrected chi connectivity index (χ1v) is 12.3. The highest BCUT2D eigenvalue weighted by Crippen LogP contribution is 2.37. The largest absolute Gasteiger partial charge is 0.411 e. The zero-order valence-corrected chi connectivity index (χ0v) is 18.7. The van der Waals surface area contributed by atoms with Crippen LogP contribution in [0.1, 0.15) is 61.6 Å². The number of oxime groups is 1. The normalized spacial score (nSPS) is 23.9. The number of aryl methyl sites for hydroxylation is 1. The number of aliphatic hydroxyl groups is 1. The quantitative estimate of drug-likeness (QED) is 0.396. The van der Waals surface area contributed by atoms with Crippen LogP contribution in [0.3, 0.4) is 0 Å². The minimum atomic E-state index is -3.26. The number of sulfone groups is 1. The Labute approximate surface area is 179 Å². The Morgan fingerprint density at radius 1 is 1.13 bits per heavy atom. The van der Waals surface area contributed by atoms with Gasteiger partial charge in [-0.15, -0.1) is 0 Å². The molecule has 0 radical (unpaired) electrons. The van der Waals surface area contributed by atoms with Crippen LogP contribution in [0.2, 0.25) is 0 Å². The minimum absolute atomic E-state index is 0.0480. The summed E-state index contributed by atoms with van der Waals surface area (Å²) >= 11 is 0. The average Bonchev–Trinajstić information content (AvgIpc) is 2.70. The van der Waals surface area contributed by atoms with Gasteiger partial charge in [-0.25, -0.2) is 8.42 Å². The van der Waals surface area contributed by atoms with E-state index in [4.69, 9.17) is 0 Å². The first-order valence-electron chi connectivity index (χ1n) is 10.4. The summed E-state index contributed by atoms with van der Waals surface area (Å²) in [6.45, 7) is 3.92. The van der Waals surface area contributed by atoms with Crippen LogP contribution in [0, 0.1) is 12.8 Å². The van der Waals surface area contributed by atoms with Crippen molar-refractivity contribution in [1.82, 2.24) is 0 Å². The van der Waals surface area contributed by atoms with Crippen molar-refractivity contribution in [1.29, 1.82) is 0 Å². The lowest BCUT2D eigenvalue weighted by Crippen LogP contribution is -2.33. The summed E-state index contributed by atoms with van der Waals surface area (Å²) in [5, 5.41) is 23.8. The number of hydrogen-bond acceptors (Lipinski definition) is 5. The van der Waals surface area contributed by atoms with Crippen molar-refractivity contribution in [3.8, 4) is 0 Å². The Morgan fingerprint density at radius 3 is 2.27 bits per heavy atom. The number of nitrogens with zero attached hydrogens (tertiary/aromatic N) is 1. The van der Waals surface area contributed by atoms with Gasteiger partial charge in [0.25, 0.3) is 0 Å². The standard InChI is InChI=1S/C24H31NO4S/c1-17-6-4-5-7-21(17)22(18-8-10-20(11-9-18)30(3,28)29)16-23(25-27)19-12-14-24(2,26)15-13-19/h4-11,19,22,26-27H,12-16H2,1-3H3. The maximum absolute atomic E-state index is 11.8. The summed E-state index contributed by atoms with van der Waals surface area (Å²) in [5.74, 6) is 0.0881. The van der Waals surface area contributed by atoms with E-state index in [9.17, 15) is 18.7 Å². The van der Waals surface area contributed by atoms with Gasteiger partial charge >= 0.3 is 0 Å². The lowest BCUT2D eigenvalue weighted by atomic mass is 9.74. The van der Waals surface area contributed by atoms with Crippen LogP contribution in [-0.2, 0) is 9.84 Å². The van der Waals surface area contributed by atoms with Gasteiger partial charge in [0.15, 0.2) is 9.84 Å². The van der Waals surface area contributed by atoms with Gasteiger partial charge in [0, 0.05) is 24.5 Å². The summed E-state index contributed by atoms with van der Waals surface area (Å²) in [5.41, 5.74) is 3.35. The Bertz CT molecular complexity index is 1000. The summed E-state index contributed by atoms with van der Waals surface area (Å²) in [6, 6.07) is 15.1. The van der Waals surface area contributed by atoms with Crippen LogP contribution < -0.4 is 0 Å². The molecule has 0 bridgehead atoms. The van der Waals surface area contributed by atoms with E-state index in [2.05, 4.69) is 24.2 Å². The minimum Gasteiger partial charge on any atom is -0.411 e. The summed E-state index contributed by atoms with van der Waals surface area (Å²) in [4.78, 5) is 0.292. The Kier molecular flexibility index (Phi) is 6.68. The van der Waals surface area contributed by atoms with E-state index in [0.717, 1.165) is 35.2 Å². The number of benzene rings is 2. The topological polar surface area (TPSA) is 87.0 Å². The fourth-order valence-electron chi connectivity index (χ4n) is 4.40. The van der Waals surface area contributed by atoms with E-state index >= 15 is 0 Å². The molecule has 0 heterocycles. The van der Waals surface area contributed by atoms with E-state index < -0.39 is 15.4 Å². The Hall–Kier alpha value is -2.18. The molecule has 0 saturated heterocycles. The monoisotopic (exact) mass is 429 g/mol. The molecule has 1 aliphatic rings. The molecule has 3 rings (SSSR count). The van der Waals surface area contributed by atoms with E-state index in [-0.39, 0.29) is 11.8 Å². The fraction of sp³-hybridized carbons (Fsp3) is 0.458. The molecule has 1 unspecified atom stereocenters. The maximum atomic E-state index is 11.8. The molecule has 5 nitrogen and oxygen atoms in total. The number of rotatable bonds is 6. The lowest BCUT2D eigenvalue weighted by molar-refractivity contribution is 0.0153. The van der Waals surface area contributed by atoms with Crippen LogP contribution >= 0.6 is 0 Å². The van der Waals surface area contributed by atoms with Crippen molar-refractivity contribution < 1.29 is 18.7 Å². The van der Waals surface area contributed by atoms with E-state index in [0.29, 0.717) is 24.2 Å². The third kappa shape index (κ3) is 5.29. The van der Waals surface area contributed by atoms with Crippen LogP contribution in [0.5, 0.6) is 0 Å². The third-order valence-corrected chi connectivity index (χ3v) is 7.48. The molecule has 0 aromatic heterocycles. The Balaban J connectivity index is 1.93. The molecule has 2 aromatic rings. The van der Waals surface area contributed by atoms with Gasteiger partial charge < -0.3 is 10.3 Å². The summed E-state index contributed by atoms with van der Waals surface area (Å²) in [6.07, 6.45) is 4.71. The highest BCUT2D eigenvalue weighted by molar-refractivity contribution is 7.90. The van der Waals surface area contributed by atoms with Crippen LogP contribution in [0.15, 0.2) is 58.6 Å². The van der Waals surface area contributed by atoms with Crippen molar-refractivity contribution in [2.45, 2.75) is 62.4 Å². The predicted octanol–water partition coefficient (Wildman–Crippen LogP) is 4.69. The van der Waals surface area contributed by atoms with Crippen molar-refractivity contribution in [2.24, 2.45) is 11.1 Å². The molecule has 162 valence electrons. The van der Waals surface area contributed by atoms with Gasteiger partial charge in [0.1, 0.15) is 0 Å². The molecule has 0 spiro atoms. The maximum Gasteiger partial charge on any atom is 0.175 e. The molecule has 6 heteroatoms. The zero-order chi connectivity index (χ0) is 21.9. The first kappa shape index (κ1) is 22.5. The van der Waals surface area contributed by atoms with E-state index in [1.807, 2.05) is 31.2 Å². The molecular weight excluding hydrogens is 398 g/mol. The first-order chi connectivity index (χ1) is 14.1. The summed E-state index contributed by atoms with van der Waals surface area (Å²) in [7, 11) is -3.26. The average molecular weight is 430 g/mol. The van der Waals surface area contributed by atoms with E-state index in [1.165, 1.54) is 6.26 Å². The Morgan fingerprint density at radius 2 is 1.73 bits per heavy atom. The molecule has 2 aromatic carbocycles. The van der Waals surface area contributed by atoms with Crippen molar-refractivity contribution in [2.75, 3.05) is 6.26 Å². The van der Waals surface area contributed by atoms with Crippen LogP contribution in [0.4, 0.5) is 0 Å². The van der Waals surface area contributed by atoms with Gasteiger partial charge in [-0.3, -0.25) is 0 Å². The molecule has 1 fully saturated rings. The van der Waals surface area contributed by atoms with Gasteiger partial charge in [0.05, 0.1) is 16.2 Å². The van der Waals surface area contributed by atoms with Crippen molar-refractivity contribution in [3.63, 3.8) is 0 Å². The van der Waals surface area contributed by atoms with Crippen LogP contribution in [-0.4, -0.2) is 36.3 Å². The second kappa shape index (κ2) is 8.90. The molecule has 30 heavy (non-hydrogen) atoms. The highest BCUT2D eigenvalue weighted by Gasteiger charge is 2.32. The molecule has 1 saturated carbocycles. The molecule has 0 amide bonds. The summed E-state index contributed by atoms with van der Waals surface area (Å²) < 4.78 is 23.7. The van der Waals surface area contributed by atoms with Crippen molar-refractivity contribution in [3.05, 3.63) is 65.2 Å². The fourth-order valence-corrected chi connectivity index (χ4v) is 5.03. The molecule has 0 aliphatic heterocycles. The smallest absolute Gasteiger partial charge is 0.175 e. The molecule has 1 atom stereocenters. The van der Waals surface area contributed by atoms with Gasteiger partial charge in [-0.05, 0) is 68.4 Å². The second-order valence-corrected chi connectivity index (χ2v) is 10.8. The predicted molar refractivity (Wildman–Crippen MR) is 119 cm³/mol. The SMILES string of the molecule is Cc1ccccc1C(CC(=NO)C1CCC(C)(O)CC1)c1ccc(S(C)(=O)=O)cc1. The second-order valence-electron chi connectivity index (χ2n) is 8.82. The molecule has 2 N–H and O–H groups in total. The van der Waals surface area contributed by atoms with E-state index in [1.54, 1.807) is 12.1 Å². The molecular formula is C24H31NO4S. The highest BCUT2D eigenvalue weighted by atomic mass is 32.2. The molecule has 1 aliphatic carbocycles. The van der Waals surface area contributed by atoms with Gasteiger partial charge in [-0.1, -0.05) is 41.6 Å². The van der Waals surface area contributed by atoms with Crippen LogP contribution in [0.25, 0.3) is 0 Å². The van der Waals surface area contributed by atoms with Crippen molar-refractivity contribution >= 4 is 15.5 Å². The third-order valence-electron chi connectivity index (χ3n) is 6.35. The zero-order valence-electron chi connectivity index (χ0n) is 17.9. The van der Waals surface area contributed by atoms with Gasteiger partial charge in [0.2, 0.25) is 0 Å². The van der Waals surface area contributed by atoms with Gasteiger partial charge in [-0.2, -0.15) is 0 Å². The lowest BCUT2D eigenvalue weighted by Gasteiger charge is -2.34.